The molecule has 2 rings (SSSR count). The van der Waals surface area contributed by atoms with Crippen LogP contribution >= 0.6 is 15.9 Å². The van der Waals surface area contributed by atoms with Crippen molar-refractivity contribution >= 4 is 15.9 Å². The number of rotatable bonds is 2. The molecule has 82 valence electrons. The fourth-order valence-corrected chi connectivity index (χ4v) is 2.62. The molecule has 0 bridgehead atoms. The van der Waals surface area contributed by atoms with Crippen LogP contribution in [0.15, 0.2) is 16.9 Å². The number of aromatic nitrogens is 1. The lowest BCUT2D eigenvalue weighted by molar-refractivity contribution is 0.371. The van der Waals surface area contributed by atoms with Crippen LogP contribution in [0, 0.1) is 0 Å². The lowest BCUT2D eigenvalue weighted by atomic mass is 9.98. The highest BCUT2D eigenvalue weighted by molar-refractivity contribution is 9.10. The van der Waals surface area contributed by atoms with Gasteiger partial charge in [-0.25, -0.2) is 0 Å². The third-order valence-corrected chi connectivity index (χ3v) is 3.41. The first-order chi connectivity index (χ1) is 7.33. The van der Waals surface area contributed by atoms with Crippen molar-refractivity contribution in [1.82, 2.24) is 10.3 Å². The number of methoxy groups -OCH3 is 1. The molecule has 0 amide bonds. The van der Waals surface area contributed by atoms with Crippen molar-refractivity contribution in [1.29, 1.82) is 0 Å². The molecule has 1 fully saturated rings. The summed E-state index contributed by atoms with van der Waals surface area (Å²) in [5.41, 5.74) is 1.20. The van der Waals surface area contributed by atoms with Gasteiger partial charge in [-0.15, -0.1) is 0 Å². The number of halogens is 1. The van der Waals surface area contributed by atoms with E-state index in [1.807, 2.05) is 6.20 Å². The summed E-state index contributed by atoms with van der Waals surface area (Å²) in [4.78, 5) is 4.11. The zero-order valence-corrected chi connectivity index (χ0v) is 10.4. The predicted molar refractivity (Wildman–Crippen MR) is 63.1 cm³/mol. The average molecular weight is 271 g/mol. The number of ether oxygens (including phenoxy) is 1. The number of piperidine rings is 1. The molecule has 1 aromatic heterocycles. The van der Waals surface area contributed by atoms with Crippen molar-refractivity contribution in [2.75, 3.05) is 13.7 Å². The standard InChI is InChI=1S/C11H15BrN2O/c1-15-10-7-13-6-8(12)11(10)9-4-2-3-5-14-9/h6-7,9,14H,2-5H2,1H3. The van der Waals surface area contributed by atoms with E-state index >= 15 is 0 Å². The maximum Gasteiger partial charge on any atom is 0.143 e. The Morgan fingerprint density at radius 3 is 3.00 bits per heavy atom. The van der Waals surface area contributed by atoms with E-state index in [4.69, 9.17) is 4.74 Å². The van der Waals surface area contributed by atoms with E-state index in [-0.39, 0.29) is 0 Å². The average Bonchev–Trinajstić information content (AvgIpc) is 2.29. The first kappa shape index (κ1) is 10.9. The Balaban J connectivity index is 2.31. The van der Waals surface area contributed by atoms with Gasteiger partial charge in [0.15, 0.2) is 0 Å². The van der Waals surface area contributed by atoms with Gasteiger partial charge in [-0.2, -0.15) is 0 Å². The molecule has 4 heteroatoms. The Kier molecular flexibility index (Phi) is 3.59. The molecule has 0 aromatic carbocycles. The van der Waals surface area contributed by atoms with Crippen LogP contribution in [-0.2, 0) is 0 Å². The molecule has 0 spiro atoms. The Hall–Kier alpha value is -0.610. The summed E-state index contributed by atoms with van der Waals surface area (Å²) in [5, 5.41) is 3.51. The molecule has 1 aromatic rings. The summed E-state index contributed by atoms with van der Waals surface area (Å²) in [6.07, 6.45) is 7.31. The van der Waals surface area contributed by atoms with E-state index in [9.17, 15) is 0 Å². The van der Waals surface area contributed by atoms with Gasteiger partial charge in [0.2, 0.25) is 0 Å². The topological polar surface area (TPSA) is 34.1 Å². The molecule has 1 saturated heterocycles. The third kappa shape index (κ3) is 2.32. The first-order valence-corrected chi connectivity index (χ1v) is 6.03. The van der Waals surface area contributed by atoms with E-state index in [1.165, 1.54) is 24.8 Å². The van der Waals surface area contributed by atoms with Crippen LogP contribution in [0.5, 0.6) is 5.75 Å². The maximum atomic E-state index is 5.35. The van der Waals surface area contributed by atoms with Gasteiger partial charge in [0, 0.05) is 22.3 Å². The van der Waals surface area contributed by atoms with E-state index in [0.717, 1.165) is 16.8 Å². The van der Waals surface area contributed by atoms with Crippen molar-refractivity contribution in [3.63, 3.8) is 0 Å². The van der Waals surface area contributed by atoms with Gasteiger partial charge in [-0.3, -0.25) is 4.98 Å². The van der Waals surface area contributed by atoms with Gasteiger partial charge in [0.05, 0.1) is 13.3 Å². The molecule has 15 heavy (non-hydrogen) atoms. The molecular weight excluding hydrogens is 256 g/mol. The van der Waals surface area contributed by atoms with E-state index in [0.29, 0.717) is 6.04 Å². The second-order valence-corrected chi connectivity index (χ2v) is 4.59. The third-order valence-electron chi connectivity index (χ3n) is 2.78. The first-order valence-electron chi connectivity index (χ1n) is 5.23. The minimum atomic E-state index is 0.395. The second kappa shape index (κ2) is 4.94. The van der Waals surface area contributed by atoms with Crippen molar-refractivity contribution in [2.45, 2.75) is 25.3 Å². The van der Waals surface area contributed by atoms with Crippen LogP contribution < -0.4 is 10.1 Å². The monoisotopic (exact) mass is 270 g/mol. The smallest absolute Gasteiger partial charge is 0.143 e. The molecule has 1 aliphatic rings. The Morgan fingerprint density at radius 1 is 1.47 bits per heavy atom. The summed E-state index contributed by atoms with van der Waals surface area (Å²) < 4.78 is 6.38. The largest absolute Gasteiger partial charge is 0.495 e. The van der Waals surface area contributed by atoms with Gasteiger partial charge in [-0.05, 0) is 35.3 Å². The number of hydrogen-bond acceptors (Lipinski definition) is 3. The molecule has 0 radical (unpaired) electrons. The molecule has 1 unspecified atom stereocenters. The summed E-state index contributed by atoms with van der Waals surface area (Å²) in [5.74, 6) is 0.865. The van der Waals surface area contributed by atoms with Crippen molar-refractivity contribution in [3.05, 3.63) is 22.4 Å². The van der Waals surface area contributed by atoms with Gasteiger partial charge in [-0.1, -0.05) is 6.42 Å². The van der Waals surface area contributed by atoms with E-state index in [1.54, 1.807) is 13.3 Å². The Labute approximate surface area is 98.4 Å². The Morgan fingerprint density at radius 2 is 2.33 bits per heavy atom. The molecular formula is C11H15BrN2O. The number of nitrogens with one attached hydrogen (secondary N) is 1. The van der Waals surface area contributed by atoms with Crippen LogP contribution in [-0.4, -0.2) is 18.6 Å². The summed E-state index contributed by atoms with van der Waals surface area (Å²) in [7, 11) is 1.69. The van der Waals surface area contributed by atoms with Crippen LogP contribution in [0.1, 0.15) is 30.9 Å². The zero-order valence-electron chi connectivity index (χ0n) is 8.79. The van der Waals surface area contributed by atoms with E-state index in [2.05, 4.69) is 26.2 Å². The quantitative estimate of drug-likeness (QED) is 0.898. The van der Waals surface area contributed by atoms with E-state index < -0.39 is 0 Å². The minimum absolute atomic E-state index is 0.395. The molecule has 1 aliphatic heterocycles. The van der Waals surface area contributed by atoms with Crippen molar-refractivity contribution in [3.8, 4) is 5.75 Å². The fraction of sp³-hybridized carbons (Fsp3) is 0.545. The number of nitrogens with zero attached hydrogens (tertiary/aromatic N) is 1. The summed E-state index contributed by atoms with van der Waals surface area (Å²) in [6, 6.07) is 0.395. The lowest BCUT2D eigenvalue weighted by Crippen LogP contribution is -2.27. The predicted octanol–water partition coefficient (Wildman–Crippen LogP) is 2.67. The zero-order chi connectivity index (χ0) is 10.7. The number of hydrogen-bond donors (Lipinski definition) is 1. The lowest BCUT2D eigenvalue weighted by Gasteiger charge is -2.25. The van der Waals surface area contributed by atoms with Crippen molar-refractivity contribution < 1.29 is 4.74 Å². The number of pyridine rings is 1. The molecule has 0 saturated carbocycles. The molecule has 1 atom stereocenters. The molecule has 2 heterocycles. The van der Waals surface area contributed by atoms with Gasteiger partial charge < -0.3 is 10.1 Å². The normalized spacial score (nSPS) is 21.3. The highest BCUT2D eigenvalue weighted by atomic mass is 79.9. The minimum Gasteiger partial charge on any atom is -0.495 e. The van der Waals surface area contributed by atoms with Crippen LogP contribution in [0.4, 0.5) is 0 Å². The van der Waals surface area contributed by atoms with Crippen LogP contribution in [0.3, 0.4) is 0 Å². The second-order valence-electron chi connectivity index (χ2n) is 3.74. The molecule has 1 N–H and O–H groups in total. The van der Waals surface area contributed by atoms with Gasteiger partial charge >= 0.3 is 0 Å². The van der Waals surface area contributed by atoms with Gasteiger partial charge in [0.25, 0.3) is 0 Å². The summed E-state index contributed by atoms with van der Waals surface area (Å²) >= 11 is 3.54. The fourth-order valence-electron chi connectivity index (χ4n) is 2.03. The maximum absolute atomic E-state index is 5.35. The molecule has 0 aliphatic carbocycles. The summed E-state index contributed by atoms with van der Waals surface area (Å²) in [6.45, 7) is 1.09. The highest BCUT2D eigenvalue weighted by Crippen LogP contribution is 2.35. The van der Waals surface area contributed by atoms with Crippen LogP contribution in [0.2, 0.25) is 0 Å². The van der Waals surface area contributed by atoms with Gasteiger partial charge in [0.1, 0.15) is 5.75 Å². The highest BCUT2D eigenvalue weighted by Gasteiger charge is 2.21. The van der Waals surface area contributed by atoms with Crippen LogP contribution in [0.25, 0.3) is 0 Å². The SMILES string of the molecule is COc1cncc(Br)c1C1CCCCN1. The Bertz CT molecular complexity index is 337. The molecule has 3 nitrogen and oxygen atoms in total. The van der Waals surface area contributed by atoms with Crippen molar-refractivity contribution in [2.24, 2.45) is 0 Å².